The molecule has 0 saturated carbocycles. The van der Waals surface area contributed by atoms with E-state index in [1.807, 2.05) is 36.4 Å². The Morgan fingerprint density at radius 3 is 2.80 bits per heavy atom. The third-order valence-electron chi connectivity index (χ3n) is 4.50. The zero-order chi connectivity index (χ0) is 17.2. The summed E-state index contributed by atoms with van der Waals surface area (Å²) in [5, 5.41) is 9.40. The van der Waals surface area contributed by atoms with Crippen LogP contribution in [0.2, 0.25) is 0 Å². The van der Waals surface area contributed by atoms with Gasteiger partial charge in [-0.1, -0.05) is 24.3 Å². The van der Waals surface area contributed by atoms with E-state index in [-0.39, 0.29) is 0 Å². The van der Waals surface area contributed by atoms with Crippen LogP contribution in [0.1, 0.15) is 28.0 Å². The number of nitrogens with zero attached hydrogens (tertiary/aromatic N) is 2. The van der Waals surface area contributed by atoms with Gasteiger partial charge in [-0.2, -0.15) is 0 Å². The van der Waals surface area contributed by atoms with E-state index in [1.165, 1.54) is 0 Å². The Morgan fingerprint density at radius 1 is 1.16 bits per heavy atom. The molecule has 0 atom stereocenters. The van der Waals surface area contributed by atoms with Gasteiger partial charge in [-0.05, 0) is 42.7 Å². The predicted octanol–water partition coefficient (Wildman–Crippen LogP) is 3.99. The molecule has 0 saturated heterocycles. The monoisotopic (exact) mass is 334 g/mol. The Bertz CT molecular complexity index is 902. The minimum Gasteiger partial charge on any atom is -0.478 e. The number of carbonyl (C=O) groups is 1. The second-order valence-corrected chi connectivity index (χ2v) is 6.14. The SMILES string of the molecule is O=C(O)c1cccc2c1CCCN2Cc1coc(-c2ccccc2)n1. The summed E-state index contributed by atoms with van der Waals surface area (Å²) < 4.78 is 5.61. The largest absolute Gasteiger partial charge is 0.478 e. The second-order valence-electron chi connectivity index (χ2n) is 6.14. The minimum atomic E-state index is -0.869. The van der Waals surface area contributed by atoms with Gasteiger partial charge in [0, 0.05) is 17.8 Å². The van der Waals surface area contributed by atoms with Crippen LogP contribution in [0.25, 0.3) is 11.5 Å². The van der Waals surface area contributed by atoms with Crippen molar-refractivity contribution in [1.29, 1.82) is 0 Å². The topological polar surface area (TPSA) is 66.6 Å². The van der Waals surface area contributed by atoms with Gasteiger partial charge in [0.15, 0.2) is 0 Å². The number of oxazole rings is 1. The molecule has 3 aromatic rings. The summed E-state index contributed by atoms with van der Waals surface area (Å²) in [6, 6.07) is 15.3. The maximum Gasteiger partial charge on any atom is 0.336 e. The number of anilines is 1. The fraction of sp³-hybridized carbons (Fsp3) is 0.200. The molecule has 0 aliphatic carbocycles. The van der Waals surface area contributed by atoms with E-state index < -0.39 is 5.97 Å². The molecule has 0 fully saturated rings. The first-order chi connectivity index (χ1) is 12.2. The third-order valence-corrected chi connectivity index (χ3v) is 4.50. The number of rotatable bonds is 4. The lowest BCUT2D eigenvalue weighted by molar-refractivity contribution is 0.0695. The Labute approximate surface area is 145 Å². The van der Waals surface area contributed by atoms with Crippen LogP contribution < -0.4 is 4.90 Å². The number of hydrogen-bond acceptors (Lipinski definition) is 4. The molecule has 5 nitrogen and oxygen atoms in total. The van der Waals surface area contributed by atoms with Crippen molar-refractivity contribution < 1.29 is 14.3 Å². The molecule has 0 bridgehead atoms. The highest BCUT2D eigenvalue weighted by Crippen LogP contribution is 2.31. The van der Waals surface area contributed by atoms with Crippen LogP contribution >= 0.6 is 0 Å². The third kappa shape index (κ3) is 3.01. The van der Waals surface area contributed by atoms with Gasteiger partial charge in [-0.25, -0.2) is 9.78 Å². The summed E-state index contributed by atoms with van der Waals surface area (Å²) in [7, 11) is 0. The lowest BCUT2D eigenvalue weighted by Crippen LogP contribution is -2.30. The summed E-state index contributed by atoms with van der Waals surface area (Å²) in [6.45, 7) is 1.48. The van der Waals surface area contributed by atoms with Crippen molar-refractivity contribution >= 4 is 11.7 Å². The first-order valence-corrected chi connectivity index (χ1v) is 8.32. The highest BCUT2D eigenvalue weighted by molar-refractivity contribution is 5.91. The number of hydrogen-bond donors (Lipinski definition) is 1. The van der Waals surface area contributed by atoms with Crippen molar-refractivity contribution in [2.75, 3.05) is 11.4 Å². The Balaban J connectivity index is 1.60. The van der Waals surface area contributed by atoms with Gasteiger partial charge in [0.1, 0.15) is 6.26 Å². The molecule has 0 spiro atoms. The van der Waals surface area contributed by atoms with Crippen LogP contribution in [-0.4, -0.2) is 22.6 Å². The first kappa shape index (κ1) is 15.4. The number of benzene rings is 2. The highest BCUT2D eigenvalue weighted by atomic mass is 16.4. The summed E-state index contributed by atoms with van der Waals surface area (Å²) in [5.41, 5.74) is 4.07. The van der Waals surface area contributed by atoms with E-state index in [4.69, 9.17) is 4.42 Å². The van der Waals surface area contributed by atoms with E-state index >= 15 is 0 Å². The molecule has 2 aromatic carbocycles. The summed E-state index contributed by atoms with van der Waals surface area (Å²) in [4.78, 5) is 18.2. The zero-order valence-electron chi connectivity index (χ0n) is 13.7. The molecule has 1 aromatic heterocycles. The average Bonchev–Trinajstić information content (AvgIpc) is 3.11. The molecule has 4 rings (SSSR count). The number of carboxylic acids is 1. The molecule has 25 heavy (non-hydrogen) atoms. The first-order valence-electron chi connectivity index (χ1n) is 8.32. The van der Waals surface area contributed by atoms with Gasteiger partial charge >= 0.3 is 5.97 Å². The minimum absolute atomic E-state index is 0.396. The number of aromatic nitrogens is 1. The number of carboxylic acid groups (broad SMARTS) is 1. The standard InChI is InChI=1S/C20H18N2O3/c23-20(24)17-8-4-10-18-16(17)9-5-11-22(18)12-15-13-25-19(21-15)14-6-2-1-3-7-14/h1-4,6-8,10,13H,5,9,11-12H2,(H,23,24). The summed E-state index contributed by atoms with van der Waals surface area (Å²) in [5.74, 6) is -0.265. The highest BCUT2D eigenvalue weighted by Gasteiger charge is 2.22. The predicted molar refractivity (Wildman–Crippen MR) is 94.7 cm³/mol. The maximum atomic E-state index is 11.5. The molecule has 2 heterocycles. The van der Waals surface area contributed by atoms with Gasteiger partial charge in [-0.15, -0.1) is 0 Å². The van der Waals surface area contributed by atoms with Crippen LogP contribution in [0.4, 0.5) is 5.69 Å². The number of aromatic carboxylic acids is 1. The van der Waals surface area contributed by atoms with Gasteiger partial charge in [-0.3, -0.25) is 0 Å². The fourth-order valence-corrected chi connectivity index (χ4v) is 3.35. The molecule has 1 N–H and O–H groups in total. The van der Waals surface area contributed by atoms with E-state index in [0.29, 0.717) is 18.0 Å². The Kier molecular flexibility index (Phi) is 3.98. The van der Waals surface area contributed by atoms with Crippen molar-refractivity contribution in [2.24, 2.45) is 0 Å². The smallest absolute Gasteiger partial charge is 0.336 e. The van der Waals surface area contributed by atoms with Crippen LogP contribution in [0.15, 0.2) is 59.2 Å². The van der Waals surface area contributed by atoms with Crippen molar-refractivity contribution in [3.63, 3.8) is 0 Å². The quantitative estimate of drug-likeness (QED) is 0.781. The van der Waals surface area contributed by atoms with Crippen molar-refractivity contribution in [1.82, 2.24) is 4.98 Å². The Hall–Kier alpha value is -3.08. The van der Waals surface area contributed by atoms with Crippen LogP contribution in [-0.2, 0) is 13.0 Å². The summed E-state index contributed by atoms with van der Waals surface area (Å²) in [6.07, 6.45) is 3.40. The molecule has 126 valence electrons. The van der Waals surface area contributed by atoms with Crippen molar-refractivity contribution in [3.05, 3.63) is 71.6 Å². The molecule has 5 heteroatoms. The maximum absolute atomic E-state index is 11.5. The van der Waals surface area contributed by atoms with E-state index in [9.17, 15) is 9.90 Å². The molecule has 0 amide bonds. The van der Waals surface area contributed by atoms with Gasteiger partial charge < -0.3 is 14.4 Å². The summed E-state index contributed by atoms with van der Waals surface area (Å²) >= 11 is 0. The fourth-order valence-electron chi connectivity index (χ4n) is 3.35. The lowest BCUT2D eigenvalue weighted by atomic mass is 9.96. The van der Waals surface area contributed by atoms with Crippen LogP contribution in [0.3, 0.4) is 0 Å². The van der Waals surface area contributed by atoms with Crippen molar-refractivity contribution in [3.8, 4) is 11.5 Å². The normalized spacial score (nSPS) is 13.5. The number of fused-ring (bicyclic) bond motifs is 1. The van der Waals surface area contributed by atoms with E-state index in [1.54, 1.807) is 18.4 Å². The van der Waals surface area contributed by atoms with E-state index in [0.717, 1.165) is 41.9 Å². The molecular formula is C20H18N2O3. The lowest BCUT2D eigenvalue weighted by Gasteiger charge is -2.31. The molecule has 0 radical (unpaired) electrons. The second kappa shape index (κ2) is 6.43. The van der Waals surface area contributed by atoms with Crippen molar-refractivity contribution in [2.45, 2.75) is 19.4 Å². The molecule has 0 unspecified atom stereocenters. The van der Waals surface area contributed by atoms with Crippen LogP contribution in [0, 0.1) is 0 Å². The van der Waals surface area contributed by atoms with Gasteiger partial charge in [0.25, 0.3) is 0 Å². The zero-order valence-corrected chi connectivity index (χ0v) is 13.7. The van der Waals surface area contributed by atoms with Gasteiger partial charge in [0.05, 0.1) is 17.8 Å². The Morgan fingerprint density at radius 2 is 2.00 bits per heavy atom. The average molecular weight is 334 g/mol. The molecule has 1 aliphatic heterocycles. The molecular weight excluding hydrogens is 316 g/mol. The van der Waals surface area contributed by atoms with Gasteiger partial charge in [0.2, 0.25) is 5.89 Å². The molecule has 1 aliphatic rings. The van der Waals surface area contributed by atoms with Crippen LogP contribution in [0.5, 0.6) is 0 Å². The van der Waals surface area contributed by atoms with E-state index in [2.05, 4.69) is 9.88 Å².